The van der Waals surface area contributed by atoms with Gasteiger partial charge in [0.15, 0.2) is 5.82 Å². The quantitative estimate of drug-likeness (QED) is 0.148. The van der Waals surface area contributed by atoms with E-state index in [-0.39, 0.29) is 0 Å². The van der Waals surface area contributed by atoms with Gasteiger partial charge >= 0.3 is 0 Å². The summed E-state index contributed by atoms with van der Waals surface area (Å²) >= 11 is 1.76. The van der Waals surface area contributed by atoms with Crippen molar-refractivity contribution in [2.45, 2.75) is 25.2 Å². The lowest BCUT2D eigenvalue weighted by atomic mass is 9.96. The molecular weight excluding hydrogens is 761 g/mol. The first-order valence-electron chi connectivity index (χ1n) is 20.8. The second kappa shape index (κ2) is 18.0. The maximum absolute atomic E-state index is 5.03. The van der Waals surface area contributed by atoms with Crippen LogP contribution >= 0.6 is 11.8 Å². The van der Waals surface area contributed by atoms with E-state index >= 15 is 0 Å². The molecule has 0 fully saturated rings. The van der Waals surface area contributed by atoms with Crippen molar-refractivity contribution in [1.82, 2.24) is 14.5 Å². The van der Waals surface area contributed by atoms with Crippen LogP contribution in [0.2, 0.25) is 0 Å². The molecule has 296 valence electrons. The zero-order chi connectivity index (χ0) is 41.5. The molecule has 0 saturated heterocycles. The third-order valence-electron chi connectivity index (χ3n) is 10.7. The van der Waals surface area contributed by atoms with Gasteiger partial charge in [-0.25, -0.2) is 9.97 Å². The van der Waals surface area contributed by atoms with Crippen LogP contribution in [-0.4, -0.2) is 20.8 Å². The molecule has 61 heavy (non-hydrogen) atoms. The zero-order valence-electron chi connectivity index (χ0n) is 34.6. The third kappa shape index (κ3) is 8.34. The number of benzene rings is 8. The van der Waals surface area contributed by atoms with Gasteiger partial charge in [-0.2, -0.15) is 0 Å². The average molecular weight is 807 g/mol. The van der Waals surface area contributed by atoms with Crippen molar-refractivity contribution in [3.63, 3.8) is 0 Å². The van der Waals surface area contributed by atoms with E-state index in [1.165, 1.54) is 38.7 Å². The van der Waals surface area contributed by atoms with Crippen LogP contribution < -0.4 is 5.32 Å². The normalized spacial score (nSPS) is 11.0. The molecule has 5 heteroatoms. The van der Waals surface area contributed by atoms with Crippen molar-refractivity contribution in [3.05, 3.63) is 206 Å². The number of hydrogen-bond acceptors (Lipinski definition) is 4. The SMILES string of the molecule is CCC.CSc1ccc(-n2c3ccccc3c3cc(-c4ccc(Nc5ccc(-c6cc(-c7ccccc7)nc(-c7ccccc7)n6)cc5)c(-c5ccccc5)c4)ccc32)cc1. The largest absolute Gasteiger partial charge is 0.355 e. The highest BCUT2D eigenvalue weighted by Crippen LogP contribution is 2.39. The maximum atomic E-state index is 5.03. The van der Waals surface area contributed by atoms with Crippen molar-refractivity contribution < 1.29 is 0 Å². The Morgan fingerprint density at radius 3 is 1.64 bits per heavy atom. The van der Waals surface area contributed by atoms with Gasteiger partial charge in [-0.3, -0.25) is 0 Å². The lowest BCUT2D eigenvalue weighted by Crippen LogP contribution is -1.97. The molecule has 0 spiro atoms. The number of thioether (sulfide) groups is 1. The molecule has 0 aliphatic carbocycles. The molecule has 0 atom stereocenters. The molecule has 0 aliphatic heterocycles. The Kier molecular flexibility index (Phi) is 11.6. The first-order chi connectivity index (χ1) is 30.1. The molecule has 10 rings (SSSR count). The van der Waals surface area contributed by atoms with Gasteiger partial charge in [-0.05, 0) is 95.7 Å². The van der Waals surface area contributed by atoms with Crippen LogP contribution in [0.25, 0.3) is 83.6 Å². The van der Waals surface area contributed by atoms with Gasteiger partial charge in [-0.1, -0.05) is 154 Å². The fourth-order valence-electron chi connectivity index (χ4n) is 7.80. The molecule has 8 aromatic carbocycles. The van der Waals surface area contributed by atoms with E-state index in [9.17, 15) is 0 Å². The van der Waals surface area contributed by atoms with Crippen molar-refractivity contribution in [2.24, 2.45) is 0 Å². The highest BCUT2D eigenvalue weighted by Gasteiger charge is 2.16. The predicted octanol–water partition coefficient (Wildman–Crippen LogP) is 15.8. The number of fused-ring (bicyclic) bond motifs is 3. The van der Waals surface area contributed by atoms with Crippen molar-refractivity contribution in [2.75, 3.05) is 11.6 Å². The zero-order valence-corrected chi connectivity index (χ0v) is 35.4. The Morgan fingerprint density at radius 2 is 0.984 bits per heavy atom. The van der Waals surface area contributed by atoms with E-state index in [0.717, 1.165) is 61.8 Å². The summed E-state index contributed by atoms with van der Waals surface area (Å²) in [4.78, 5) is 11.3. The van der Waals surface area contributed by atoms with E-state index in [1.807, 2.05) is 36.4 Å². The molecule has 0 radical (unpaired) electrons. The number of nitrogens with one attached hydrogen (secondary N) is 1. The smallest absolute Gasteiger partial charge is 0.160 e. The Hall–Kier alpha value is -7.21. The molecule has 0 aliphatic rings. The van der Waals surface area contributed by atoms with Crippen LogP contribution in [0, 0.1) is 0 Å². The molecule has 0 unspecified atom stereocenters. The van der Waals surface area contributed by atoms with Gasteiger partial charge in [0.1, 0.15) is 0 Å². The van der Waals surface area contributed by atoms with E-state index in [0.29, 0.717) is 5.82 Å². The van der Waals surface area contributed by atoms with E-state index in [1.54, 1.807) is 11.8 Å². The predicted molar refractivity (Wildman–Crippen MR) is 261 cm³/mol. The summed E-state index contributed by atoms with van der Waals surface area (Å²) in [6.45, 7) is 4.25. The number of para-hydroxylation sites is 1. The summed E-state index contributed by atoms with van der Waals surface area (Å²) in [5.74, 6) is 0.706. The van der Waals surface area contributed by atoms with Crippen LogP contribution in [0.3, 0.4) is 0 Å². The number of rotatable bonds is 9. The van der Waals surface area contributed by atoms with Crippen LogP contribution in [0.15, 0.2) is 211 Å². The van der Waals surface area contributed by atoms with Gasteiger partial charge in [0, 0.05) is 55.0 Å². The summed E-state index contributed by atoms with van der Waals surface area (Å²) < 4.78 is 2.38. The topological polar surface area (TPSA) is 42.7 Å². The Morgan fingerprint density at radius 1 is 0.459 bits per heavy atom. The van der Waals surface area contributed by atoms with Gasteiger partial charge in [-0.15, -0.1) is 11.8 Å². The number of aromatic nitrogens is 3. The van der Waals surface area contributed by atoms with Crippen LogP contribution in [0.5, 0.6) is 0 Å². The second-order valence-corrected chi connectivity index (χ2v) is 15.9. The number of anilines is 2. The summed E-state index contributed by atoms with van der Waals surface area (Å²) in [6.07, 6.45) is 3.37. The maximum Gasteiger partial charge on any atom is 0.160 e. The van der Waals surface area contributed by atoms with Gasteiger partial charge < -0.3 is 9.88 Å². The fourth-order valence-corrected chi connectivity index (χ4v) is 8.21. The van der Waals surface area contributed by atoms with Crippen LogP contribution in [0.1, 0.15) is 20.3 Å². The van der Waals surface area contributed by atoms with Gasteiger partial charge in [0.05, 0.1) is 22.4 Å². The van der Waals surface area contributed by atoms with E-state index < -0.39 is 0 Å². The van der Waals surface area contributed by atoms with Crippen LogP contribution in [-0.2, 0) is 0 Å². The van der Waals surface area contributed by atoms with Crippen molar-refractivity contribution in [3.8, 4) is 61.8 Å². The first kappa shape index (κ1) is 39.3. The summed E-state index contributed by atoms with van der Waals surface area (Å²) in [5, 5.41) is 6.23. The van der Waals surface area contributed by atoms with E-state index in [2.05, 4.69) is 200 Å². The molecule has 4 nitrogen and oxygen atoms in total. The molecular formula is C56H46N4S. The number of hydrogen-bond donors (Lipinski definition) is 1. The molecule has 0 bridgehead atoms. The number of nitrogens with zero attached hydrogens (tertiary/aromatic N) is 3. The van der Waals surface area contributed by atoms with Crippen LogP contribution in [0.4, 0.5) is 11.4 Å². The lowest BCUT2D eigenvalue weighted by Gasteiger charge is -2.16. The minimum absolute atomic E-state index is 0.706. The Bertz CT molecular complexity index is 2990. The lowest BCUT2D eigenvalue weighted by molar-refractivity contribution is 1.09. The summed E-state index contributed by atoms with van der Waals surface area (Å²) in [6, 6.07) is 72.8. The van der Waals surface area contributed by atoms with E-state index in [4.69, 9.17) is 9.97 Å². The monoisotopic (exact) mass is 806 g/mol. The Balaban J connectivity index is 0.00000154. The third-order valence-corrected chi connectivity index (χ3v) is 11.5. The van der Waals surface area contributed by atoms with Crippen molar-refractivity contribution in [1.29, 1.82) is 0 Å². The molecule has 10 aromatic rings. The highest BCUT2D eigenvalue weighted by molar-refractivity contribution is 7.98. The minimum Gasteiger partial charge on any atom is -0.355 e. The van der Waals surface area contributed by atoms with Gasteiger partial charge in [0.25, 0.3) is 0 Å². The Labute approximate surface area is 362 Å². The summed E-state index contributed by atoms with van der Waals surface area (Å²) in [7, 11) is 0. The standard InChI is InChI=1S/C53H38N4S.C3H8/c1-58-44-29-27-43(28-30-44)57-51-20-12-11-19-45(51)47-34-41(24-32-52(47)57)40-23-31-48(46(33-40)36-13-5-2-6-14-36)54-42-25-21-38(22-26-42)50-35-49(37-15-7-3-8-16-37)55-53(56-50)39-17-9-4-10-18-39;1-3-2/h2-35,54H,1H3;3H2,1-2H3. The second-order valence-electron chi connectivity index (χ2n) is 15.0. The average Bonchev–Trinajstić information content (AvgIpc) is 3.66. The van der Waals surface area contributed by atoms with Gasteiger partial charge in [0.2, 0.25) is 0 Å². The molecule has 0 saturated carbocycles. The first-order valence-corrected chi connectivity index (χ1v) is 22.1. The summed E-state index contributed by atoms with van der Waals surface area (Å²) in [5.41, 5.74) is 15.1. The molecule has 1 N–H and O–H groups in total. The van der Waals surface area contributed by atoms with Crippen molar-refractivity contribution >= 4 is 44.9 Å². The minimum atomic E-state index is 0.706. The highest BCUT2D eigenvalue weighted by atomic mass is 32.2. The fraction of sp³-hybridized carbons (Fsp3) is 0.0714. The molecule has 0 amide bonds. The molecule has 2 aromatic heterocycles. The molecule has 2 heterocycles.